The number of nitrogens with two attached hydrogens (primary N) is 1. The smallest absolute Gasteiger partial charge is 0.201 e. The highest BCUT2D eigenvalue weighted by Gasteiger charge is 2.12. The van der Waals surface area contributed by atoms with Gasteiger partial charge in [0.2, 0.25) is 5.95 Å². The molecule has 0 bridgehead atoms. The minimum absolute atomic E-state index is 0.0596. The molecule has 2 N–H and O–H groups in total. The third kappa shape index (κ3) is 2.55. The zero-order valence-electron chi connectivity index (χ0n) is 10.2. The number of aromatic nitrogens is 2. The number of anilines is 1. The molecule has 2 heterocycles. The van der Waals surface area contributed by atoms with E-state index < -0.39 is 5.82 Å². The van der Waals surface area contributed by atoms with E-state index >= 15 is 0 Å². The fraction of sp³-hybridized carbons (Fsp3) is 0.154. The Morgan fingerprint density at radius 1 is 1.40 bits per heavy atom. The van der Waals surface area contributed by atoms with Gasteiger partial charge in [-0.1, -0.05) is 11.6 Å². The quantitative estimate of drug-likeness (QED) is 0.734. The standard InChI is InChI=1S/C13H10BrClFN3S/c14-12-2-1-7(20-12)3-4-19-11-6-9(16)8(15)5-10(11)18-13(19)17/h1-2,5-6H,3-4H2,(H2,17,18). The molecule has 0 unspecified atom stereocenters. The monoisotopic (exact) mass is 373 g/mol. The summed E-state index contributed by atoms with van der Waals surface area (Å²) in [5.74, 6) is -0.0866. The maximum absolute atomic E-state index is 13.6. The number of nitrogen functional groups attached to an aromatic ring is 1. The van der Waals surface area contributed by atoms with Crippen LogP contribution in [0.2, 0.25) is 5.02 Å². The van der Waals surface area contributed by atoms with Crippen LogP contribution in [0.3, 0.4) is 0 Å². The second-order valence-corrected chi connectivity index (χ2v) is 7.29. The maximum atomic E-state index is 13.6. The number of fused-ring (bicyclic) bond motifs is 1. The van der Waals surface area contributed by atoms with Gasteiger partial charge in [-0.3, -0.25) is 0 Å². The fourth-order valence-electron chi connectivity index (χ4n) is 2.08. The topological polar surface area (TPSA) is 43.8 Å². The number of nitrogens with zero attached hydrogens (tertiary/aromatic N) is 2. The molecule has 0 radical (unpaired) electrons. The minimum Gasteiger partial charge on any atom is -0.369 e. The van der Waals surface area contributed by atoms with Gasteiger partial charge in [-0.05, 0) is 40.5 Å². The average Bonchev–Trinajstić information content (AvgIpc) is 2.92. The molecule has 0 aliphatic heterocycles. The van der Waals surface area contributed by atoms with Gasteiger partial charge in [0.05, 0.1) is 19.8 Å². The predicted octanol–water partition coefficient (Wildman–Crippen LogP) is 4.48. The summed E-state index contributed by atoms with van der Waals surface area (Å²) in [7, 11) is 0. The molecule has 2 aromatic heterocycles. The first kappa shape index (κ1) is 13.9. The van der Waals surface area contributed by atoms with Crippen LogP contribution in [0.1, 0.15) is 4.88 Å². The first-order valence-corrected chi connectivity index (χ1v) is 7.88. The number of aryl methyl sites for hydroxylation is 2. The third-order valence-corrected chi connectivity index (χ3v) is 5.00. The fourth-order valence-corrected chi connectivity index (χ4v) is 3.71. The summed E-state index contributed by atoms with van der Waals surface area (Å²) in [5.41, 5.74) is 7.18. The molecule has 0 atom stereocenters. The molecule has 0 aliphatic carbocycles. The van der Waals surface area contributed by atoms with E-state index in [1.807, 2.05) is 10.6 Å². The van der Waals surface area contributed by atoms with E-state index in [0.29, 0.717) is 23.5 Å². The summed E-state index contributed by atoms with van der Waals surface area (Å²) in [6.07, 6.45) is 0.816. The molecule has 0 fully saturated rings. The van der Waals surface area contributed by atoms with Crippen LogP contribution in [0, 0.1) is 5.82 Å². The van der Waals surface area contributed by atoms with Crippen LogP contribution in [-0.2, 0) is 13.0 Å². The molecule has 3 nitrogen and oxygen atoms in total. The van der Waals surface area contributed by atoms with Crippen molar-refractivity contribution in [1.29, 1.82) is 0 Å². The van der Waals surface area contributed by atoms with E-state index in [2.05, 4.69) is 27.0 Å². The van der Waals surface area contributed by atoms with Crippen LogP contribution < -0.4 is 5.73 Å². The van der Waals surface area contributed by atoms with Gasteiger partial charge in [0.25, 0.3) is 0 Å². The van der Waals surface area contributed by atoms with E-state index in [1.165, 1.54) is 17.0 Å². The van der Waals surface area contributed by atoms with Crippen LogP contribution in [0.5, 0.6) is 0 Å². The van der Waals surface area contributed by atoms with Gasteiger partial charge in [-0.25, -0.2) is 9.37 Å². The number of halogens is 3. The highest BCUT2D eigenvalue weighted by atomic mass is 79.9. The minimum atomic E-state index is -0.459. The summed E-state index contributed by atoms with van der Waals surface area (Å²) < 4.78 is 16.5. The van der Waals surface area contributed by atoms with Crippen molar-refractivity contribution in [2.45, 2.75) is 13.0 Å². The van der Waals surface area contributed by atoms with Crippen molar-refractivity contribution in [3.05, 3.63) is 43.8 Å². The molecule has 0 saturated carbocycles. The van der Waals surface area contributed by atoms with Crippen LogP contribution in [0.4, 0.5) is 10.3 Å². The molecule has 0 amide bonds. The number of thiophene rings is 1. The van der Waals surface area contributed by atoms with Gasteiger partial charge in [0.1, 0.15) is 5.82 Å². The normalized spacial score (nSPS) is 11.3. The lowest BCUT2D eigenvalue weighted by atomic mass is 10.3. The summed E-state index contributed by atoms with van der Waals surface area (Å²) in [4.78, 5) is 5.45. The lowest BCUT2D eigenvalue weighted by Gasteiger charge is -2.05. The van der Waals surface area contributed by atoms with Crippen molar-refractivity contribution in [2.24, 2.45) is 0 Å². The molecular weight excluding hydrogens is 365 g/mol. The van der Waals surface area contributed by atoms with E-state index in [0.717, 1.165) is 10.2 Å². The lowest BCUT2D eigenvalue weighted by molar-refractivity contribution is 0.628. The number of rotatable bonds is 3. The first-order chi connectivity index (χ1) is 9.54. The molecule has 7 heteroatoms. The van der Waals surface area contributed by atoms with Crippen LogP contribution in [0.15, 0.2) is 28.1 Å². The zero-order chi connectivity index (χ0) is 14.3. The molecule has 3 aromatic rings. The van der Waals surface area contributed by atoms with Crippen molar-refractivity contribution in [3.63, 3.8) is 0 Å². The zero-order valence-corrected chi connectivity index (χ0v) is 13.4. The van der Waals surface area contributed by atoms with Crippen molar-refractivity contribution in [3.8, 4) is 0 Å². The molecule has 1 aromatic carbocycles. The molecular formula is C13H10BrClFN3S. The Morgan fingerprint density at radius 3 is 2.90 bits per heavy atom. The van der Waals surface area contributed by atoms with Crippen LogP contribution in [0.25, 0.3) is 11.0 Å². The van der Waals surface area contributed by atoms with Crippen molar-refractivity contribution >= 4 is 55.8 Å². The molecule has 104 valence electrons. The van der Waals surface area contributed by atoms with Gasteiger partial charge in [0, 0.05) is 17.5 Å². The van der Waals surface area contributed by atoms with E-state index in [9.17, 15) is 4.39 Å². The molecule has 20 heavy (non-hydrogen) atoms. The number of imidazole rings is 1. The van der Waals surface area contributed by atoms with E-state index in [1.54, 1.807) is 11.3 Å². The highest BCUT2D eigenvalue weighted by molar-refractivity contribution is 9.11. The van der Waals surface area contributed by atoms with Gasteiger partial charge in [-0.2, -0.15) is 0 Å². The Labute approximate surface area is 132 Å². The number of hydrogen-bond acceptors (Lipinski definition) is 3. The Balaban J connectivity index is 1.94. The number of hydrogen-bond donors (Lipinski definition) is 1. The summed E-state index contributed by atoms with van der Waals surface area (Å²) in [6.45, 7) is 0.649. The lowest BCUT2D eigenvalue weighted by Crippen LogP contribution is -2.05. The first-order valence-electron chi connectivity index (χ1n) is 5.89. The van der Waals surface area contributed by atoms with E-state index in [4.69, 9.17) is 17.3 Å². The van der Waals surface area contributed by atoms with Crippen molar-refractivity contribution in [2.75, 3.05) is 5.73 Å². The van der Waals surface area contributed by atoms with E-state index in [-0.39, 0.29) is 5.02 Å². The Bertz CT molecular complexity index is 783. The SMILES string of the molecule is Nc1nc2cc(Cl)c(F)cc2n1CCc1ccc(Br)s1. The van der Waals surface area contributed by atoms with Gasteiger partial charge in [-0.15, -0.1) is 11.3 Å². The Hall–Kier alpha value is -1.11. The van der Waals surface area contributed by atoms with Gasteiger partial charge in [0.15, 0.2) is 0 Å². The second kappa shape index (κ2) is 5.35. The average molecular weight is 375 g/mol. The highest BCUT2D eigenvalue weighted by Crippen LogP contribution is 2.26. The molecule has 0 spiro atoms. The van der Waals surface area contributed by atoms with Crippen molar-refractivity contribution < 1.29 is 4.39 Å². The summed E-state index contributed by atoms with van der Waals surface area (Å²) in [6, 6.07) is 6.95. The van der Waals surface area contributed by atoms with Gasteiger partial charge >= 0.3 is 0 Å². The largest absolute Gasteiger partial charge is 0.369 e. The molecule has 3 rings (SSSR count). The Morgan fingerprint density at radius 2 is 2.20 bits per heavy atom. The van der Waals surface area contributed by atoms with Crippen LogP contribution in [-0.4, -0.2) is 9.55 Å². The van der Waals surface area contributed by atoms with Crippen LogP contribution >= 0.6 is 38.9 Å². The van der Waals surface area contributed by atoms with Crippen molar-refractivity contribution in [1.82, 2.24) is 9.55 Å². The summed E-state index contributed by atoms with van der Waals surface area (Å²) in [5, 5.41) is 0.0596. The number of benzene rings is 1. The predicted molar refractivity (Wildman–Crippen MR) is 84.8 cm³/mol. The maximum Gasteiger partial charge on any atom is 0.201 e. The summed E-state index contributed by atoms with van der Waals surface area (Å²) >= 11 is 10.9. The van der Waals surface area contributed by atoms with Gasteiger partial charge < -0.3 is 10.3 Å². The molecule has 0 aliphatic rings. The Kier molecular flexibility index (Phi) is 3.70. The molecule has 0 saturated heterocycles. The second-order valence-electron chi connectivity index (χ2n) is 4.33. The third-order valence-electron chi connectivity index (χ3n) is 3.03.